The topological polar surface area (TPSA) is 93.5 Å². The van der Waals surface area contributed by atoms with Crippen LogP contribution in [0.3, 0.4) is 0 Å². The number of rotatable bonds is 7. The Morgan fingerprint density at radius 3 is 2.67 bits per heavy atom. The third-order valence-corrected chi connectivity index (χ3v) is 3.78. The summed E-state index contributed by atoms with van der Waals surface area (Å²) in [5, 5.41) is 6.34. The van der Waals surface area contributed by atoms with Crippen LogP contribution in [0.2, 0.25) is 0 Å². The fourth-order valence-corrected chi connectivity index (χ4v) is 2.62. The van der Waals surface area contributed by atoms with Crippen molar-refractivity contribution in [1.82, 2.24) is 5.32 Å². The molecule has 0 unspecified atom stereocenters. The minimum absolute atomic E-state index is 0.139. The van der Waals surface area contributed by atoms with E-state index in [2.05, 4.69) is 17.2 Å². The van der Waals surface area contributed by atoms with Gasteiger partial charge in [-0.3, -0.25) is 4.79 Å². The quantitative estimate of drug-likeness (QED) is 0.529. The van der Waals surface area contributed by atoms with Crippen LogP contribution in [0.1, 0.15) is 33.9 Å². The van der Waals surface area contributed by atoms with Crippen LogP contribution in [0.4, 0.5) is 10.7 Å². The van der Waals surface area contributed by atoms with Crippen molar-refractivity contribution in [1.29, 1.82) is 0 Å². The lowest BCUT2D eigenvalue weighted by molar-refractivity contribution is 0.0603. The summed E-state index contributed by atoms with van der Waals surface area (Å²) in [7, 11) is 1.28. The van der Waals surface area contributed by atoms with Gasteiger partial charge in [0.25, 0.3) is 5.91 Å². The van der Waals surface area contributed by atoms with Crippen LogP contribution in [-0.4, -0.2) is 32.1 Å². The molecule has 0 aliphatic rings. The average molecular weight is 311 g/mol. The molecule has 0 aliphatic heterocycles. The monoisotopic (exact) mass is 311 g/mol. The summed E-state index contributed by atoms with van der Waals surface area (Å²) in [6.07, 6.45) is 1.57. The molecule has 7 heteroatoms. The molecule has 0 aromatic carbocycles. The Hall–Kier alpha value is -2.02. The summed E-state index contributed by atoms with van der Waals surface area (Å²) in [6.45, 7) is 8.61. The minimum Gasteiger partial charge on any atom is -0.465 e. The van der Waals surface area contributed by atoms with Gasteiger partial charge in [-0.1, -0.05) is 19.9 Å². The molecule has 0 saturated carbocycles. The van der Waals surface area contributed by atoms with Gasteiger partial charge in [0, 0.05) is 13.1 Å². The van der Waals surface area contributed by atoms with Crippen molar-refractivity contribution in [2.75, 3.05) is 31.2 Å². The number of nitrogens with two attached hydrogens (primary N) is 1. The number of nitrogen functional groups attached to an aromatic ring is 1. The van der Waals surface area contributed by atoms with E-state index >= 15 is 0 Å². The maximum atomic E-state index is 12.0. The van der Waals surface area contributed by atoms with Gasteiger partial charge < -0.3 is 21.1 Å². The van der Waals surface area contributed by atoms with E-state index in [9.17, 15) is 9.59 Å². The number of anilines is 2. The zero-order valence-electron chi connectivity index (χ0n) is 12.5. The number of hydrogen-bond donors (Lipinski definition) is 3. The largest absolute Gasteiger partial charge is 0.465 e. The molecule has 0 spiro atoms. The molecule has 0 atom stereocenters. The van der Waals surface area contributed by atoms with Gasteiger partial charge >= 0.3 is 5.97 Å². The highest BCUT2D eigenvalue weighted by molar-refractivity contribution is 7.19. The molecule has 4 N–H and O–H groups in total. The molecule has 1 heterocycles. The van der Waals surface area contributed by atoms with E-state index in [4.69, 9.17) is 10.5 Å². The number of nitrogens with one attached hydrogen (secondary N) is 2. The fourth-order valence-electron chi connectivity index (χ4n) is 1.58. The molecule has 0 radical (unpaired) electrons. The lowest BCUT2D eigenvalue weighted by Gasteiger charge is -2.08. The third kappa shape index (κ3) is 4.22. The van der Waals surface area contributed by atoms with Crippen LogP contribution in [0.5, 0.6) is 0 Å². The van der Waals surface area contributed by atoms with Crippen LogP contribution in [0.15, 0.2) is 12.7 Å². The molecular weight excluding hydrogens is 290 g/mol. The Kier molecular flexibility index (Phi) is 6.23. The lowest BCUT2D eigenvalue weighted by Crippen LogP contribution is -2.23. The van der Waals surface area contributed by atoms with Crippen molar-refractivity contribution < 1.29 is 14.3 Å². The third-order valence-electron chi connectivity index (χ3n) is 2.62. The average Bonchev–Trinajstić information content (AvgIpc) is 2.78. The second-order valence-corrected chi connectivity index (χ2v) is 5.83. The van der Waals surface area contributed by atoms with Crippen molar-refractivity contribution in [3.8, 4) is 0 Å². The summed E-state index contributed by atoms with van der Waals surface area (Å²) in [4.78, 5) is 24.2. The second kappa shape index (κ2) is 7.68. The van der Waals surface area contributed by atoms with E-state index in [1.54, 1.807) is 6.08 Å². The second-order valence-electron chi connectivity index (χ2n) is 4.81. The van der Waals surface area contributed by atoms with Gasteiger partial charge in [0.1, 0.15) is 15.4 Å². The summed E-state index contributed by atoms with van der Waals surface area (Å²) >= 11 is 1.15. The lowest BCUT2D eigenvalue weighted by atomic mass is 10.2. The SMILES string of the molecule is C=CCNC(=O)c1sc(NCC(C)C)c(C(=O)OC)c1N. The van der Waals surface area contributed by atoms with E-state index in [0.717, 1.165) is 11.3 Å². The van der Waals surface area contributed by atoms with E-state index in [1.165, 1.54) is 7.11 Å². The number of thiophene rings is 1. The highest BCUT2D eigenvalue weighted by Crippen LogP contribution is 2.36. The summed E-state index contributed by atoms with van der Waals surface area (Å²) < 4.78 is 4.74. The Balaban J connectivity index is 3.13. The number of amides is 1. The molecule has 0 aliphatic carbocycles. The zero-order chi connectivity index (χ0) is 16.0. The predicted octanol–water partition coefficient (Wildman–Crippen LogP) is 2.10. The van der Waals surface area contributed by atoms with Gasteiger partial charge in [-0.25, -0.2) is 4.79 Å². The van der Waals surface area contributed by atoms with Gasteiger partial charge in [-0.05, 0) is 5.92 Å². The molecule has 0 bridgehead atoms. The molecule has 1 amide bonds. The number of methoxy groups -OCH3 is 1. The standard InChI is InChI=1S/C14H21N3O3S/c1-5-6-16-12(18)11-10(15)9(14(19)20-4)13(21-11)17-7-8(2)3/h5,8,17H,1,6-7,15H2,2-4H3,(H,16,18). The normalized spacial score (nSPS) is 10.3. The van der Waals surface area contributed by atoms with Crippen LogP contribution in [-0.2, 0) is 4.74 Å². The van der Waals surface area contributed by atoms with Gasteiger partial charge in [0.05, 0.1) is 12.8 Å². The molecule has 1 aromatic rings. The number of esters is 1. The first-order valence-corrected chi connectivity index (χ1v) is 7.37. The Labute approximate surface area is 128 Å². The van der Waals surface area contributed by atoms with Crippen molar-refractivity contribution in [2.24, 2.45) is 5.92 Å². The van der Waals surface area contributed by atoms with Crippen molar-refractivity contribution in [3.63, 3.8) is 0 Å². The van der Waals surface area contributed by atoms with Gasteiger partial charge in [-0.2, -0.15) is 0 Å². The van der Waals surface area contributed by atoms with E-state index in [1.807, 2.05) is 13.8 Å². The molecule has 6 nitrogen and oxygen atoms in total. The highest BCUT2D eigenvalue weighted by atomic mass is 32.1. The van der Waals surface area contributed by atoms with Crippen molar-refractivity contribution >= 4 is 33.9 Å². The maximum Gasteiger partial charge on any atom is 0.343 e. The highest BCUT2D eigenvalue weighted by Gasteiger charge is 2.26. The Morgan fingerprint density at radius 1 is 1.48 bits per heavy atom. The first-order chi connectivity index (χ1) is 9.92. The van der Waals surface area contributed by atoms with Gasteiger partial charge in [0.15, 0.2) is 0 Å². The van der Waals surface area contributed by atoms with Crippen LogP contribution in [0, 0.1) is 5.92 Å². The molecule has 21 heavy (non-hydrogen) atoms. The fraction of sp³-hybridized carbons (Fsp3) is 0.429. The van der Waals surface area contributed by atoms with Crippen LogP contribution in [0.25, 0.3) is 0 Å². The molecule has 1 aromatic heterocycles. The van der Waals surface area contributed by atoms with E-state index in [-0.39, 0.29) is 17.2 Å². The summed E-state index contributed by atoms with van der Waals surface area (Å²) in [6, 6.07) is 0. The van der Waals surface area contributed by atoms with Gasteiger partial charge in [-0.15, -0.1) is 17.9 Å². The molecule has 1 rings (SSSR count). The first kappa shape index (κ1) is 17.0. The maximum absolute atomic E-state index is 12.0. The predicted molar refractivity (Wildman–Crippen MR) is 85.9 cm³/mol. The number of carbonyl (C=O) groups excluding carboxylic acids is 2. The molecule has 0 saturated heterocycles. The van der Waals surface area contributed by atoms with Crippen molar-refractivity contribution in [2.45, 2.75) is 13.8 Å². The van der Waals surface area contributed by atoms with E-state index < -0.39 is 5.97 Å². The molecule has 116 valence electrons. The Bertz CT molecular complexity index is 538. The van der Waals surface area contributed by atoms with E-state index in [0.29, 0.717) is 28.9 Å². The van der Waals surface area contributed by atoms with Crippen molar-refractivity contribution in [3.05, 3.63) is 23.1 Å². The summed E-state index contributed by atoms with van der Waals surface area (Å²) in [5.74, 6) is -0.505. The first-order valence-electron chi connectivity index (χ1n) is 6.55. The zero-order valence-corrected chi connectivity index (χ0v) is 13.3. The number of ether oxygens (including phenoxy) is 1. The smallest absolute Gasteiger partial charge is 0.343 e. The van der Waals surface area contributed by atoms with Crippen LogP contribution < -0.4 is 16.4 Å². The minimum atomic E-state index is -0.558. The van der Waals surface area contributed by atoms with Crippen LogP contribution >= 0.6 is 11.3 Å². The number of hydrogen-bond acceptors (Lipinski definition) is 6. The molecular formula is C14H21N3O3S. The Morgan fingerprint density at radius 2 is 2.14 bits per heavy atom. The molecule has 0 fully saturated rings. The number of carbonyl (C=O) groups is 2. The van der Waals surface area contributed by atoms with Gasteiger partial charge in [0.2, 0.25) is 0 Å². The summed E-state index contributed by atoms with van der Waals surface area (Å²) in [5.41, 5.74) is 6.30.